The average Bonchev–Trinajstić information content (AvgIpc) is 2.71. The van der Waals surface area contributed by atoms with Crippen molar-refractivity contribution in [3.05, 3.63) is 29.8 Å². The van der Waals surface area contributed by atoms with Crippen molar-refractivity contribution in [2.45, 2.75) is 39.2 Å². The van der Waals surface area contributed by atoms with Gasteiger partial charge in [0, 0.05) is 18.2 Å². The van der Waals surface area contributed by atoms with Crippen LogP contribution in [0.3, 0.4) is 0 Å². The first-order chi connectivity index (χ1) is 8.67. The molecule has 2 atom stereocenters. The molecule has 0 bridgehead atoms. The molecule has 1 aromatic rings. The lowest BCUT2D eigenvalue weighted by Gasteiger charge is -2.24. The predicted molar refractivity (Wildman–Crippen MR) is 74.5 cm³/mol. The number of amides is 1. The highest BCUT2D eigenvalue weighted by molar-refractivity contribution is 5.96. The molecule has 0 radical (unpaired) electrons. The van der Waals surface area contributed by atoms with Gasteiger partial charge in [0.2, 0.25) is 5.91 Å². The molecular weight excluding hydrogens is 224 g/mol. The molecule has 1 aromatic carbocycles. The van der Waals surface area contributed by atoms with Crippen LogP contribution in [-0.2, 0) is 11.2 Å². The Morgan fingerprint density at radius 1 is 1.50 bits per heavy atom. The van der Waals surface area contributed by atoms with Crippen LogP contribution >= 0.6 is 0 Å². The first-order valence-corrected chi connectivity index (χ1v) is 6.77. The van der Waals surface area contributed by atoms with E-state index in [1.165, 1.54) is 5.56 Å². The Morgan fingerprint density at radius 3 is 2.89 bits per heavy atom. The molecule has 3 nitrogen and oxygen atoms in total. The lowest BCUT2D eigenvalue weighted by atomic mass is 10.0. The molecule has 1 aliphatic heterocycles. The normalized spacial score (nSPS) is 19.7. The smallest absolute Gasteiger partial charge is 0.227 e. The van der Waals surface area contributed by atoms with Crippen LogP contribution in [-0.4, -0.2) is 18.5 Å². The van der Waals surface area contributed by atoms with Crippen molar-refractivity contribution in [3.63, 3.8) is 0 Å². The minimum absolute atomic E-state index is 0.213. The Morgan fingerprint density at radius 2 is 2.22 bits per heavy atom. The van der Waals surface area contributed by atoms with E-state index in [0.717, 1.165) is 18.5 Å². The molecule has 2 N–H and O–H groups in total. The second kappa shape index (κ2) is 5.53. The van der Waals surface area contributed by atoms with Crippen molar-refractivity contribution >= 4 is 11.6 Å². The summed E-state index contributed by atoms with van der Waals surface area (Å²) in [5, 5.41) is 0. The maximum atomic E-state index is 12.4. The van der Waals surface area contributed by atoms with E-state index in [-0.39, 0.29) is 11.9 Å². The van der Waals surface area contributed by atoms with Gasteiger partial charge in [-0.1, -0.05) is 31.5 Å². The molecule has 2 rings (SSSR count). The van der Waals surface area contributed by atoms with Crippen molar-refractivity contribution in [1.29, 1.82) is 0 Å². The molecule has 1 aliphatic rings. The van der Waals surface area contributed by atoms with E-state index in [2.05, 4.69) is 19.9 Å². The summed E-state index contributed by atoms with van der Waals surface area (Å²) < 4.78 is 0. The number of hydrogen-bond acceptors (Lipinski definition) is 2. The fourth-order valence-electron chi connectivity index (χ4n) is 2.69. The Kier molecular flexibility index (Phi) is 4.02. The van der Waals surface area contributed by atoms with Crippen LogP contribution in [0.15, 0.2) is 24.3 Å². The summed E-state index contributed by atoms with van der Waals surface area (Å²) in [4.78, 5) is 14.4. The van der Waals surface area contributed by atoms with E-state index in [1.54, 1.807) is 0 Å². The summed E-state index contributed by atoms with van der Waals surface area (Å²) in [6, 6.07) is 8.45. The van der Waals surface area contributed by atoms with E-state index < -0.39 is 0 Å². The standard InChI is InChI=1S/C15H22N2O/c1-3-12(10-16)9-15(18)17-11(2)8-13-6-4-5-7-14(13)17/h4-7,11-12H,3,8-10,16H2,1-2H3. The van der Waals surface area contributed by atoms with Gasteiger partial charge in [0.1, 0.15) is 0 Å². The second-order valence-electron chi connectivity index (χ2n) is 5.16. The first-order valence-electron chi connectivity index (χ1n) is 6.77. The van der Waals surface area contributed by atoms with Gasteiger partial charge in [-0.05, 0) is 37.4 Å². The number of nitrogens with zero attached hydrogens (tertiary/aromatic N) is 1. The van der Waals surface area contributed by atoms with E-state index in [0.29, 0.717) is 18.9 Å². The highest BCUT2D eigenvalue weighted by Crippen LogP contribution is 2.32. The zero-order valence-electron chi connectivity index (χ0n) is 11.2. The number of fused-ring (bicyclic) bond motifs is 1. The first kappa shape index (κ1) is 13.1. The Hall–Kier alpha value is -1.35. The summed E-state index contributed by atoms with van der Waals surface area (Å²) in [5.41, 5.74) is 8.05. The van der Waals surface area contributed by atoms with Crippen LogP contribution < -0.4 is 10.6 Å². The van der Waals surface area contributed by atoms with Crippen molar-refractivity contribution in [2.75, 3.05) is 11.4 Å². The number of para-hydroxylation sites is 1. The zero-order chi connectivity index (χ0) is 13.1. The summed E-state index contributed by atoms with van der Waals surface area (Å²) >= 11 is 0. The quantitative estimate of drug-likeness (QED) is 0.886. The monoisotopic (exact) mass is 246 g/mol. The SMILES string of the molecule is CCC(CN)CC(=O)N1c2ccccc2CC1C. The topological polar surface area (TPSA) is 46.3 Å². The van der Waals surface area contributed by atoms with Gasteiger partial charge in [0.25, 0.3) is 0 Å². The van der Waals surface area contributed by atoms with Crippen molar-refractivity contribution in [3.8, 4) is 0 Å². The van der Waals surface area contributed by atoms with E-state index in [9.17, 15) is 4.79 Å². The fourth-order valence-corrected chi connectivity index (χ4v) is 2.69. The maximum Gasteiger partial charge on any atom is 0.227 e. The van der Waals surface area contributed by atoms with Gasteiger partial charge in [-0.2, -0.15) is 0 Å². The number of carbonyl (C=O) groups is 1. The third kappa shape index (κ3) is 2.41. The molecule has 0 aliphatic carbocycles. The van der Waals surface area contributed by atoms with E-state index in [1.807, 2.05) is 23.1 Å². The molecule has 3 heteroatoms. The van der Waals surface area contributed by atoms with Gasteiger partial charge in [-0.15, -0.1) is 0 Å². The van der Waals surface area contributed by atoms with Gasteiger partial charge < -0.3 is 10.6 Å². The van der Waals surface area contributed by atoms with Crippen LogP contribution in [0, 0.1) is 5.92 Å². The predicted octanol–water partition coefficient (Wildman–Crippen LogP) is 2.34. The van der Waals surface area contributed by atoms with E-state index in [4.69, 9.17) is 5.73 Å². The third-order valence-corrected chi connectivity index (χ3v) is 3.85. The Balaban J connectivity index is 2.15. The summed E-state index contributed by atoms with van der Waals surface area (Å²) in [5.74, 6) is 0.516. The van der Waals surface area contributed by atoms with Gasteiger partial charge >= 0.3 is 0 Å². The fraction of sp³-hybridized carbons (Fsp3) is 0.533. The third-order valence-electron chi connectivity index (χ3n) is 3.85. The highest BCUT2D eigenvalue weighted by Gasteiger charge is 2.30. The average molecular weight is 246 g/mol. The molecule has 0 saturated heterocycles. The molecule has 1 amide bonds. The summed E-state index contributed by atoms with van der Waals surface area (Å²) in [6.45, 7) is 4.79. The van der Waals surface area contributed by atoms with Crippen LogP contribution in [0.5, 0.6) is 0 Å². The lowest BCUT2D eigenvalue weighted by molar-refractivity contribution is -0.119. The van der Waals surface area contributed by atoms with Crippen molar-refractivity contribution < 1.29 is 4.79 Å². The zero-order valence-corrected chi connectivity index (χ0v) is 11.2. The molecule has 0 spiro atoms. The van der Waals surface area contributed by atoms with Crippen molar-refractivity contribution in [1.82, 2.24) is 0 Å². The number of rotatable bonds is 4. The number of benzene rings is 1. The highest BCUT2D eigenvalue weighted by atomic mass is 16.2. The molecule has 2 unspecified atom stereocenters. The van der Waals surface area contributed by atoms with Gasteiger partial charge in [-0.25, -0.2) is 0 Å². The maximum absolute atomic E-state index is 12.4. The van der Waals surface area contributed by atoms with Crippen LogP contribution in [0.2, 0.25) is 0 Å². The van der Waals surface area contributed by atoms with Gasteiger partial charge in [-0.3, -0.25) is 4.79 Å². The number of nitrogens with two attached hydrogens (primary N) is 1. The Bertz CT molecular complexity index is 426. The number of carbonyl (C=O) groups excluding carboxylic acids is 1. The molecular formula is C15H22N2O. The molecule has 0 fully saturated rings. The Labute approximate surface area is 109 Å². The number of anilines is 1. The summed E-state index contributed by atoms with van der Waals surface area (Å²) in [7, 11) is 0. The lowest BCUT2D eigenvalue weighted by Crippen LogP contribution is -2.37. The van der Waals surface area contributed by atoms with Crippen molar-refractivity contribution in [2.24, 2.45) is 11.7 Å². The number of hydrogen-bond donors (Lipinski definition) is 1. The van der Waals surface area contributed by atoms with Crippen LogP contribution in [0.4, 0.5) is 5.69 Å². The largest absolute Gasteiger partial charge is 0.330 e. The molecule has 1 heterocycles. The minimum atomic E-state index is 0.213. The van der Waals surface area contributed by atoms with Crippen LogP contribution in [0.25, 0.3) is 0 Å². The second-order valence-corrected chi connectivity index (χ2v) is 5.16. The van der Waals surface area contributed by atoms with Gasteiger partial charge in [0.15, 0.2) is 0 Å². The van der Waals surface area contributed by atoms with Crippen LogP contribution in [0.1, 0.15) is 32.3 Å². The van der Waals surface area contributed by atoms with Gasteiger partial charge in [0.05, 0.1) is 0 Å². The molecule has 98 valence electrons. The molecule has 0 saturated carbocycles. The minimum Gasteiger partial charge on any atom is -0.330 e. The summed E-state index contributed by atoms with van der Waals surface area (Å²) in [6.07, 6.45) is 2.49. The molecule has 0 aromatic heterocycles. The van der Waals surface area contributed by atoms with E-state index >= 15 is 0 Å². The molecule has 18 heavy (non-hydrogen) atoms.